The van der Waals surface area contributed by atoms with Gasteiger partial charge in [0.05, 0.1) is 13.2 Å². The second-order valence-corrected chi connectivity index (χ2v) is 5.83. The molecule has 0 aliphatic heterocycles. The van der Waals surface area contributed by atoms with Crippen LogP contribution in [0, 0.1) is 6.92 Å². The lowest BCUT2D eigenvalue weighted by Gasteiger charge is -2.21. The summed E-state index contributed by atoms with van der Waals surface area (Å²) in [6.07, 6.45) is 0.0499. The van der Waals surface area contributed by atoms with Crippen molar-refractivity contribution < 1.29 is 14.3 Å². The van der Waals surface area contributed by atoms with Gasteiger partial charge in [-0.2, -0.15) is 0 Å². The van der Waals surface area contributed by atoms with Gasteiger partial charge in [0.2, 0.25) is 0 Å². The summed E-state index contributed by atoms with van der Waals surface area (Å²) in [5, 5.41) is 3.02. The number of amides is 1. The minimum atomic E-state index is -0.537. The van der Waals surface area contributed by atoms with E-state index in [-0.39, 0.29) is 11.9 Å². The van der Waals surface area contributed by atoms with Gasteiger partial charge in [0.1, 0.15) is 11.5 Å². The zero-order valence-corrected chi connectivity index (χ0v) is 14.7. The number of carbonyl (C=O) groups is 1. The maximum atomic E-state index is 12.5. The summed E-state index contributed by atoms with van der Waals surface area (Å²) in [4.78, 5) is 12.5. The van der Waals surface area contributed by atoms with Gasteiger partial charge in [-0.3, -0.25) is 4.79 Å². The van der Waals surface area contributed by atoms with Crippen molar-refractivity contribution in [2.75, 3.05) is 7.11 Å². The average molecular weight is 327 g/mol. The molecule has 0 heterocycles. The minimum absolute atomic E-state index is 0.0685. The van der Waals surface area contributed by atoms with Crippen molar-refractivity contribution in [1.29, 1.82) is 0 Å². The Bertz CT molecular complexity index is 667. The molecule has 2 atom stereocenters. The Morgan fingerprint density at radius 2 is 1.79 bits per heavy atom. The van der Waals surface area contributed by atoms with Crippen LogP contribution in [0.5, 0.6) is 11.5 Å². The molecule has 0 aromatic heterocycles. The van der Waals surface area contributed by atoms with Gasteiger partial charge in [-0.15, -0.1) is 0 Å². The van der Waals surface area contributed by atoms with E-state index in [0.29, 0.717) is 17.9 Å². The smallest absolute Gasteiger partial charge is 0.261 e. The van der Waals surface area contributed by atoms with Crippen LogP contribution in [0.15, 0.2) is 48.5 Å². The number of aryl methyl sites for hydroxylation is 1. The number of methoxy groups -OCH3 is 1. The van der Waals surface area contributed by atoms with Gasteiger partial charge >= 0.3 is 0 Å². The number of rotatable bonds is 7. The summed E-state index contributed by atoms with van der Waals surface area (Å²) in [7, 11) is 1.60. The molecule has 1 amide bonds. The molecule has 0 unspecified atom stereocenters. The Hall–Kier alpha value is -2.49. The van der Waals surface area contributed by atoms with Gasteiger partial charge in [0.25, 0.3) is 5.91 Å². The predicted octanol–water partition coefficient (Wildman–Crippen LogP) is 4.04. The van der Waals surface area contributed by atoms with Crippen molar-refractivity contribution in [2.45, 2.75) is 39.3 Å². The van der Waals surface area contributed by atoms with Crippen LogP contribution in [0.1, 0.15) is 37.4 Å². The highest BCUT2D eigenvalue weighted by molar-refractivity contribution is 5.81. The van der Waals surface area contributed by atoms with Crippen molar-refractivity contribution in [1.82, 2.24) is 5.32 Å². The zero-order chi connectivity index (χ0) is 17.5. The lowest BCUT2D eigenvalue weighted by Crippen LogP contribution is -2.39. The van der Waals surface area contributed by atoms with E-state index in [2.05, 4.69) is 5.32 Å². The molecule has 128 valence electrons. The van der Waals surface area contributed by atoms with E-state index in [9.17, 15) is 4.79 Å². The van der Waals surface area contributed by atoms with Crippen molar-refractivity contribution in [3.63, 3.8) is 0 Å². The van der Waals surface area contributed by atoms with E-state index >= 15 is 0 Å². The minimum Gasteiger partial charge on any atom is -0.497 e. The molecular formula is C20H25NO3. The first kappa shape index (κ1) is 17.9. The van der Waals surface area contributed by atoms with E-state index in [1.54, 1.807) is 13.2 Å². The van der Waals surface area contributed by atoms with E-state index in [0.717, 1.165) is 5.56 Å². The van der Waals surface area contributed by atoms with Gasteiger partial charge in [-0.05, 0) is 38.0 Å². The van der Waals surface area contributed by atoms with Gasteiger partial charge in [0, 0.05) is 6.07 Å². The molecule has 2 aromatic carbocycles. The van der Waals surface area contributed by atoms with Crippen molar-refractivity contribution in [3.05, 3.63) is 59.7 Å². The highest BCUT2D eigenvalue weighted by Gasteiger charge is 2.20. The van der Waals surface area contributed by atoms with Gasteiger partial charge in [-0.1, -0.05) is 42.8 Å². The Balaban J connectivity index is 2.01. The average Bonchev–Trinajstić information content (AvgIpc) is 2.60. The number of ether oxygens (including phenoxy) is 2. The molecule has 0 bridgehead atoms. The summed E-state index contributed by atoms with van der Waals surface area (Å²) in [5.74, 6) is 1.21. The summed E-state index contributed by atoms with van der Waals surface area (Å²) in [6, 6.07) is 15.4. The van der Waals surface area contributed by atoms with Crippen LogP contribution in [-0.4, -0.2) is 19.1 Å². The number of benzene rings is 2. The molecule has 4 heteroatoms. The molecule has 0 saturated heterocycles. The lowest BCUT2D eigenvalue weighted by atomic mass is 10.1. The van der Waals surface area contributed by atoms with Gasteiger partial charge in [-0.25, -0.2) is 0 Å². The molecule has 2 rings (SSSR count). The van der Waals surface area contributed by atoms with Crippen molar-refractivity contribution in [3.8, 4) is 11.5 Å². The van der Waals surface area contributed by atoms with E-state index in [1.165, 1.54) is 5.56 Å². The molecule has 1 N–H and O–H groups in total. The molecule has 0 radical (unpaired) electrons. The summed E-state index contributed by atoms with van der Waals surface area (Å²) < 4.78 is 11.0. The maximum absolute atomic E-state index is 12.5. The summed E-state index contributed by atoms with van der Waals surface area (Å²) >= 11 is 0. The highest BCUT2D eigenvalue weighted by Crippen LogP contribution is 2.21. The molecule has 0 spiro atoms. The normalized spacial score (nSPS) is 13.0. The number of carbonyl (C=O) groups excluding carboxylic acids is 1. The van der Waals surface area contributed by atoms with Gasteiger partial charge < -0.3 is 14.8 Å². The molecule has 4 nitrogen and oxygen atoms in total. The van der Waals surface area contributed by atoms with Crippen LogP contribution in [0.3, 0.4) is 0 Å². The molecule has 2 aromatic rings. The Labute approximate surface area is 143 Å². The largest absolute Gasteiger partial charge is 0.497 e. The second-order valence-electron chi connectivity index (χ2n) is 5.83. The zero-order valence-electron chi connectivity index (χ0n) is 14.7. The van der Waals surface area contributed by atoms with Crippen LogP contribution >= 0.6 is 0 Å². The fraction of sp³-hybridized carbons (Fsp3) is 0.350. The van der Waals surface area contributed by atoms with Crippen LogP contribution < -0.4 is 14.8 Å². The quantitative estimate of drug-likeness (QED) is 0.835. The molecule has 0 aliphatic carbocycles. The SMILES string of the molecule is CC[C@H](Oc1cccc(OC)c1)C(=O)N[C@H](C)c1ccc(C)cc1. The topological polar surface area (TPSA) is 47.6 Å². The van der Waals surface area contributed by atoms with Crippen LogP contribution in [0.2, 0.25) is 0 Å². The number of hydrogen-bond acceptors (Lipinski definition) is 3. The fourth-order valence-corrected chi connectivity index (χ4v) is 2.41. The van der Waals surface area contributed by atoms with Crippen LogP contribution in [-0.2, 0) is 4.79 Å². The molecule has 0 aliphatic rings. The first-order valence-corrected chi connectivity index (χ1v) is 8.21. The summed E-state index contributed by atoms with van der Waals surface area (Å²) in [6.45, 7) is 5.95. The van der Waals surface area contributed by atoms with Crippen LogP contribution in [0.4, 0.5) is 0 Å². The fourth-order valence-electron chi connectivity index (χ4n) is 2.41. The first-order valence-electron chi connectivity index (χ1n) is 8.21. The molecule has 0 saturated carbocycles. The standard InChI is InChI=1S/C20H25NO3/c1-5-19(24-18-8-6-7-17(13-18)23-4)20(22)21-15(3)16-11-9-14(2)10-12-16/h6-13,15,19H,5H2,1-4H3,(H,21,22)/t15-,19+/m1/s1. The third-order valence-corrected chi connectivity index (χ3v) is 3.92. The predicted molar refractivity (Wildman–Crippen MR) is 95.4 cm³/mol. The Kier molecular flexibility index (Phi) is 6.24. The number of hydrogen-bond donors (Lipinski definition) is 1. The number of nitrogens with one attached hydrogen (secondary N) is 1. The highest BCUT2D eigenvalue weighted by atomic mass is 16.5. The summed E-state index contributed by atoms with van der Waals surface area (Å²) in [5.41, 5.74) is 2.27. The monoisotopic (exact) mass is 327 g/mol. The van der Waals surface area contributed by atoms with E-state index < -0.39 is 6.10 Å². The lowest BCUT2D eigenvalue weighted by molar-refractivity contribution is -0.128. The Morgan fingerprint density at radius 1 is 1.12 bits per heavy atom. The van der Waals surface area contributed by atoms with E-state index in [1.807, 2.05) is 63.2 Å². The van der Waals surface area contributed by atoms with Gasteiger partial charge in [0.15, 0.2) is 6.10 Å². The second kappa shape index (κ2) is 8.39. The molecular weight excluding hydrogens is 302 g/mol. The van der Waals surface area contributed by atoms with E-state index in [4.69, 9.17) is 9.47 Å². The van der Waals surface area contributed by atoms with Crippen molar-refractivity contribution in [2.24, 2.45) is 0 Å². The maximum Gasteiger partial charge on any atom is 0.261 e. The van der Waals surface area contributed by atoms with Crippen LogP contribution in [0.25, 0.3) is 0 Å². The molecule has 24 heavy (non-hydrogen) atoms. The molecule has 0 fully saturated rings. The van der Waals surface area contributed by atoms with Crippen molar-refractivity contribution >= 4 is 5.91 Å². The third kappa shape index (κ3) is 4.75. The first-order chi connectivity index (χ1) is 11.5. The Morgan fingerprint density at radius 3 is 2.42 bits per heavy atom. The third-order valence-electron chi connectivity index (χ3n) is 3.92.